The Bertz CT molecular complexity index is 154. The molecule has 1 unspecified atom stereocenters. The van der Waals surface area contributed by atoms with E-state index in [4.69, 9.17) is 23.7 Å². The molecule has 1 atom stereocenters. The number of rotatable bonds is 14. The molecule has 0 aliphatic heterocycles. The molecule has 0 amide bonds. The molecular weight excluding hydrogens is 236 g/mol. The van der Waals surface area contributed by atoms with Crippen LogP contribution in [0.5, 0.6) is 0 Å². The zero-order chi connectivity index (χ0) is 13.5. The molecule has 0 radical (unpaired) electrons. The van der Waals surface area contributed by atoms with Crippen molar-refractivity contribution in [2.45, 2.75) is 26.4 Å². The van der Waals surface area contributed by atoms with E-state index in [1.54, 1.807) is 7.11 Å². The van der Waals surface area contributed by atoms with Crippen LogP contribution in [0.4, 0.5) is 0 Å². The summed E-state index contributed by atoms with van der Waals surface area (Å²) < 4.78 is 26.3. The maximum atomic E-state index is 5.55. The molecule has 0 N–H and O–H groups in total. The Morgan fingerprint density at radius 2 is 1.39 bits per heavy atom. The van der Waals surface area contributed by atoms with Crippen molar-refractivity contribution in [3.8, 4) is 0 Å². The first kappa shape index (κ1) is 17.8. The number of methoxy groups -OCH3 is 1. The number of hydrogen-bond acceptors (Lipinski definition) is 5. The van der Waals surface area contributed by atoms with Gasteiger partial charge in [0.15, 0.2) is 0 Å². The first-order valence-corrected chi connectivity index (χ1v) is 6.65. The zero-order valence-corrected chi connectivity index (χ0v) is 12.0. The Balaban J connectivity index is 3.08. The van der Waals surface area contributed by atoms with Gasteiger partial charge in [-0.25, -0.2) is 0 Å². The highest BCUT2D eigenvalue weighted by atomic mass is 16.5. The van der Waals surface area contributed by atoms with Crippen LogP contribution in [0.3, 0.4) is 0 Å². The van der Waals surface area contributed by atoms with Gasteiger partial charge in [0.2, 0.25) is 0 Å². The monoisotopic (exact) mass is 264 g/mol. The van der Waals surface area contributed by atoms with Crippen molar-refractivity contribution in [1.82, 2.24) is 0 Å². The van der Waals surface area contributed by atoms with E-state index in [2.05, 4.69) is 0 Å². The van der Waals surface area contributed by atoms with Crippen molar-refractivity contribution >= 4 is 0 Å². The average molecular weight is 264 g/mol. The van der Waals surface area contributed by atoms with Gasteiger partial charge in [-0.05, 0) is 20.3 Å². The molecule has 0 fully saturated rings. The van der Waals surface area contributed by atoms with Crippen molar-refractivity contribution in [2.75, 3.05) is 60.0 Å². The third-order valence-electron chi connectivity index (χ3n) is 2.31. The summed E-state index contributed by atoms with van der Waals surface area (Å²) in [5, 5.41) is 0. The van der Waals surface area contributed by atoms with E-state index in [-0.39, 0.29) is 6.10 Å². The molecule has 0 saturated carbocycles. The molecule has 0 rings (SSSR count). The minimum absolute atomic E-state index is 0.208. The van der Waals surface area contributed by atoms with Gasteiger partial charge < -0.3 is 23.7 Å². The second kappa shape index (κ2) is 14.9. The molecule has 0 aromatic heterocycles. The molecule has 18 heavy (non-hydrogen) atoms. The van der Waals surface area contributed by atoms with Crippen molar-refractivity contribution in [3.63, 3.8) is 0 Å². The molecule has 0 spiro atoms. The normalized spacial score (nSPS) is 12.8. The topological polar surface area (TPSA) is 46.2 Å². The van der Waals surface area contributed by atoms with Gasteiger partial charge in [-0.15, -0.1) is 0 Å². The van der Waals surface area contributed by atoms with E-state index in [1.807, 2.05) is 13.8 Å². The van der Waals surface area contributed by atoms with Crippen LogP contribution in [0.15, 0.2) is 0 Å². The fourth-order valence-electron chi connectivity index (χ4n) is 1.25. The fraction of sp³-hybridized carbons (Fsp3) is 1.00. The van der Waals surface area contributed by atoms with Crippen LogP contribution in [0.25, 0.3) is 0 Å². The first-order chi connectivity index (χ1) is 8.81. The summed E-state index contributed by atoms with van der Waals surface area (Å²) in [6.07, 6.45) is 1.10. The summed E-state index contributed by atoms with van der Waals surface area (Å²) in [5.74, 6) is 0. The Hall–Kier alpha value is -0.200. The minimum Gasteiger partial charge on any atom is -0.382 e. The lowest BCUT2D eigenvalue weighted by atomic mass is 10.3. The van der Waals surface area contributed by atoms with Crippen molar-refractivity contribution in [2.24, 2.45) is 0 Å². The third-order valence-corrected chi connectivity index (χ3v) is 2.31. The highest BCUT2D eigenvalue weighted by Crippen LogP contribution is 1.97. The van der Waals surface area contributed by atoms with Crippen LogP contribution >= 0.6 is 0 Å². The molecule has 110 valence electrons. The highest BCUT2D eigenvalue weighted by Gasteiger charge is 2.01. The van der Waals surface area contributed by atoms with E-state index in [9.17, 15) is 0 Å². The maximum absolute atomic E-state index is 5.55. The largest absolute Gasteiger partial charge is 0.382 e. The lowest BCUT2D eigenvalue weighted by Crippen LogP contribution is -2.16. The van der Waals surface area contributed by atoms with E-state index in [0.717, 1.165) is 13.0 Å². The van der Waals surface area contributed by atoms with Crippen molar-refractivity contribution < 1.29 is 23.7 Å². The van der Waals surface area contributed by atoms with E-state index >= 15 is 0 Å². The van der Waals surface area contributed by atoms with Gasteiger partial charge in [0.05, 0.1) is 45.7 Å². The van der Waals surface area contributed by atoms with Crippen molar-refractivity contribution in [1.29, 1.82) is 0 Å². The lowest BCUT2D eigenvalue weighted by molar-refractivity contribution is -0.0115. The van der Waals surface area contributed by atoms with E-state index < -0.39 is 0 Å². The summed E-state index contributed by atoms with van der Waals surface area (Å²) in [5.41, 5.74) is 0. The van der Waals surface area contributed by atoms with Crippen LogP contribution in [-0.2, 0) is 23.7 Å². The van der Waals surface area contributed by atoms with Crippen LogP contribution in [0, 0.1) is 0 Å². The van der Waals surface area contributed by atoms with Crippen LogP contribution in [0.2, 0.25) is 0 Å². The highest BCUT2D eigenvalue weighted by molar-refractivity contribution is 4.49. The van der Waals surface area contributed by atoms with Gasteiger partial charge in [0.25, 0.3) is 0 Å². The Morgan fingerprint density at radius 3 is 2.06 bits per heavy atom. The predicted octanol–water partition coefficient (Wildman–Crippen LogP) is 1.50. The first-order valence-electron chi connectivity index (χ1n) is 6.65. The number of hydrogen-bond donors (Lipinski definition) is 0. The van der Waals surface area contributed by atoms with Gasteiger partial charge in [-0.1, -0.05) is 0 Å². The fourth-order valence-corrected chi connectivity index (χ4v) is 1.25. The molecule has 5 nitrogen and oxygen atoms in total. The maximum Gasteiger partial charge on any atom is 0.0704 e. The van der Waals surface area contributed by atoms with Gasteiger partial charge in [0, 0.05) is 20.3 Å². The minimum atomic E-state index is 0.208. The SMILES string of the molecule is CCOCCOC(C)CCOCCOCCOC. The quantitative estimate of drug-likeness (QED) is 0.445. The zero-order valence-electron chi connectivity index (χ0n) is 12.0. The molecule has 0 aliphatic rings. The Kier molecular flexibility index (Phi) is 14.7. The smallest absolute Gasteiger partial charge is 0.0704 e. The van der Waals surface area contributed by atoms with Gasteiger partial charge >= 0.3 is 0 Å². The van der Waals surface area contributed by atoms with Crippen LogP contribution in [-0.4, -0.2) is 66.1 Å². The Morgan fingerprint density at radius 1 is 0.778 bits per heavy atom. The molecule has 0 aliphatic carbocycles. The van der Waals surface area contributed by atoms with Crippen LogP contribution in [0.1, 0.15) is 20.3 Å². The molecule has 0 bridgehead atoms. The summed E-state index contributed by atoms with van der Waals surface area (Å²) in [4.78, 5) is 0. The molecule has 5 heteroatoms. The summed E-state index contributed by atoms with van der Waals surface area (Å²) in [6, 6.07) is 0. The van der Waals surface area contributed by atoms with E-state index in [1.165, 1.54) is 0 Å². The molecule has 0 aromatic carbocycles. The average Bonchev–Trinajstić information content (AvgIpc) is 2.38. The van der Waals surface area contributed by atoms with Gasteiger partial charge in [0.1, 0.15) is 0 Å². The van der Waals surface area contributed by atoms with Gasteiger partial charge in [-0.3, -0.25) is 0 Å². The molecule has 0 saturated heterocycles. The molecule has 0 heterocycles. The Labute approximate surface area is 111 Å². The van der Waals surface area contributed by atoms with Crippen molar-refractivity contribution in [3.05, 3.63) is 0 Å². The second-order valence-corrected chi connectivity index (χ2v) is 3.88. The summed E-state index contributed by atoms with van der Waals surface area (Å²) in [6.45, 7) is 9.26. The second-order valence-electron chi connectivity index (χ2n) is 3.88. The standard InChI is InChI=1S/C13H28O5/c1-4-15-11-12-18-13(2)5-6-16-9-10-17-8-7-14-3/h13H,4-12H2,1-3H3. The molecule has 0 aromatic rings. The third kappa shape index (κ3) is 13.9. The molecular formula is C13H28O5. The summed E-state index contributed by atoms with van der Waals surface area (Å²) >= 11 is 0. The lowest BCUT2D eigenvalue weighted by Gasteiger charge is -2.13. The van der Waals surface area contributed by atoms with Gasteiger partial charge in [-0.2, -0.15) is 0 Å². The van der Waals surface area contributed by atoms with E-state index in [0.29, 0.717) is 46.2 Å². The predicted molar refractivity (Wildman–Crippen MR) is 70.0 cm³/mol. The summed E-state index contributed by atoms with van der Waals surface area (Å²) in [7, 11) is 1.66. The number of ether oxygens (including phenoxy) is 5. The van der Waals surface area contributed by atoms with Crippen LogP contribution < -0.4 is 0 Å².